The summed E-state index contributed by atoms with van der Waals surface area (Å²) in [5, 5.41) is 5.63. The number of para-hydroxylation sites is 1. The molecule has 1 aliphatic rings. The molecule has 0 aliphatic heterocycles. The summed E-state index contributed by atoms with van der Waals surface area (Å²) in [6.45, 7) is -0.497. The van der Waals surface area contributed by atoms with E-state index in [0.29, 0.717) is 15.7 Å². The summed E-state index contributed by atoms with van der Waals surface area (Å²) in [5.41, 5.74) is 6.94. The third kappa shape index (κ3) is 5.57. The van der Waals surface area contributed by atoms with E-state index in [9.17, 15) is 14.4 Å². The Morgan fingerprint density at radius 1 is 1.07 bits per heavy atom. The number of halogens is 1. The van der Waals surface area contributed by atoms with E-state index in [0.717, 1.165) is 25.7 Å². The molecule has 4 N–H and O–H groups in total. The first kappa shape index (κ1) is 20.9. The smallest absolute Gasteiger partial charge is 0.340 e. The number of carbonyl (C=O) groups is 3. The Kier molecular flexibility index (Phi) is 6.87. The predicted molar refractivity (Wildman–Crippen MR) is 114 cm³/mol. The molecule has 0 spiro atoms. The molecule has 7 nitrogen and oxygen atoms in total. The SMILES string of the molecule is Nc1ccc(Br)cc1C(=O)OCC(=O)Nc1ccccc1C(=O)NC1CCCC1. The fraction of sp³-hybridized carbons (Fsp3) is 0.286. The van der Waals surface area contributed by atoms with E-state index in [1.54, 1.807) is 36.4 Å². The van der Waals surface area contributed by atoms with Crippen molar-refractivity contribution < 1.29 is 19.1 Å². The number of benzene rings is 2. The van der Waals surface area contributed by atoms with Crippen LogP contribution in [0.4, 0.5) is 11.4 Å². The number of anilines is 2. The summed E-state index contributed by atoms with van der Waals surface area (Å²) in [6.07, 6.45) is 4.15. The lowest BCUT2D eigenvalue weighted by molar-refractivity contribution is -0.119. The van der Waals surface area contributed by atoms with Crippen molar-refractivity contribution in [3.63, 3.8) is 0 Å². The van der Waals surface area contributed by atoms with E-state index >= 15 is 0 Å². The van der Waals surface area contributed by atoms with E-state index in [2.05, 4.69) is 26.6 Å². The van der Waals surface area contributed by atoms with Gasteiger partial charge >= 0.3 is 5.97 Å². The lowest BCUT2D eigenvalue weighted by Crippen LogP contribution is -2.33. The highest BCUT2D eigenvalue weighted by Crippen LogP contribution is 2.21. The van der Waals surface area contributed by atoms with Crippen LogP contribution in [0.5, 0.6) is 0 Å². The van der Waals surface area contributed by atoms with E-state index < -0.39 is 18.5 Å². The van der Waals surface area contributed by atoms with Crippen LogP contribution in [0.25, 0.3) is 0 Å². The van der Waals surface area contributed by atoms with E-state index in [-0.39, 0.29) is 23.2 Å². The Balaban J connectivity index is 1.60. The maximum Gasteiger partial charge on any atom is 0.340 e. The van der Waals surface area contributed by atoms with Crippen molar-refractivity contribution in [2.75, 3.05) is 17.7 Å². The van der Waals surface area contributed by atoms with Crippen molar-refractivity contribution in [1.29, 1.82) is 0 Å². The summed E-state index contributed by atoms with van der Waals surface area (Å²) in [7, 11) is 0. The maximum absolute atomic E-state index is 12.6. The molecule has 3 rings (SSSR count). The first-order valence-electron chi connectivity index (χ1n) is 9.36. The summed E-state index contributed by atoms with van der Waals surface area (Å²) in [6, 6.07) is 11.7. The minimum atomic E-state index is -0.703. The standard InChI is InChI=1S/C21H22BrN3O4/c22-13-9-10-17(23)16(11-13)21(28)29-12-19(26)25-18-8-4-3-7-15(18)20(27)24-14-5-1-2-6-14/h3-4,7-11,14H,1-2,5-6,12,23H2,(H,24,27)(H,25,26). The number of hydrogen-bond acceptors (Lipinski definition) is 5. The highest BCUT2D eigenvalue weighted by atomic mass is 79.9. The van der Waals surface area contributed by atoms with Crippen molar-refractivity contribution in [2.45, 2.75) is 31.7 Å². The number of rotatable bonds is 6. The number of carbonyl (C=O) groups excluding carboxylic acids is 3. The summed E-state index contributed by atoms with van der Waals surface area (Å²) < 4.78 is 5.73. The zero-order valence-corrected chi connectivity index (χ0v) is 17.3. The van der Waals surface area contributed by atoms with E-state index in [1.165, 1.54) is 6.07 Å². The van der Waals surface area contributed by atoms with Crippen LogP contribution in [0.15, 0.2) is 46.9 Å². The van der Waals surface area contributed by atoms with Crippen molar-refractivity contribution >= 4 is 45.1 Å². The number of ether oxygens (including phenoxy) is 1. The lowest BCUT2D eigenvalue weighted by atomic mass is 10.1. The molecule has 152 valence electrons. The number of nitrogens with one attached hydrogen (secondary N) is 2. The minimum absolute atomic E-state index is 0.169. The average molecular weight is 460 g/mol. The molecule has 2 aromatic carbocycles. The molecule has 0 radical (unpaired) electrons. The first-order chi connectivity index (χ1) is 13.9. The van der Waals surface area contributed by atoms with Crippen LogP contribution in [-0.2, 0) is 9.53 Å². The normalized spacial score (nSPS) is 13.7. The molecule has 2 amide bonds. The van der Waals surface area contributed by atoms with Gasteiger partial charge in [0.1, 0.15) is 0 Å². The molecule has 1 aliphatic carbocycles. The van der Waals surface area contributed by atoms with Crippen LogP contribution < -0.4 is 16.4 Å². The van der Waals surface area contributed by atoms with Gasteiger partial charge in [0.15, 0.2) is 6.61 Å². The molecule has 0 unspecified atom stereocenters. The Morgan fingerprint density at radius 3 is 2.55 bits per heavy atom. The average Bonchev–Trinajstić information content (AvgIpc) is 3.21. The second-order valence-corrected chi connectivity index (χ2v) is 7.77. The predicted octanol–water partition coefficient (Wildman–Crippen LogP) is 3.50. The number of amides is 2. The minimum Gasteiger partial charge on any atom is -0.452 e. The molecule has 2 aromatic rings. The molecular formula is C21H22BrN3O4. The molecule has 29 heavy (non-hydrogen) atoms. The monoisotopic (exact) mass is 459 g/mol. The molecule has 0 aromatic heterocycles. The highest BCUT2D eigenvalue weighted by Gasteiger charge is 2.20. The fourth-order valence-corrected chi connectivity index (χ4v) is 3.58. The van der Waals surface area contributed by atoms with Crippen LogP contribution in [0.1, 0.15) is 46.4 Å². The second kappa shape index (κ2) is 9.56. The Bertz CT molecular complexity index is 926. The van der Waals surface area contributed by atoms with E-state index in [1.807, 2.05) is 0 Å². The molecule has 0 saturated heterocycles. The molecule has 1 saturated carbocycles. The molecule has 0 atom stereocenters. The second-order valence-electron chi connectivity index (χ2n) is 6.86. The van der Waals surface area contributed by atoms with Gasteiger partial charge in [-0.3, -0.25) is 9.59 Å². The van der Waals surface area contributed by atoms with Crippen LogP contribution in [-0.4, -0.2) is 30.4 Å². The van der Waals surface area contributed by atoms with Gasteiger partial charge in [-0.25, -0.2) is 4.79 Å². The van der Waals surface area contributed by atoms with Crippen LogP contribution in [0, 0.1) is 0 Å². The zero-order chi connectivity index (χ0) is 20.8. The first-order valence-corrected chi connectivity index (χ1v) is 10.1. The molecular weight excluding hydrogens is 438 g/mol. The topological polar surface area (TPSA) is 111 Å². The highest BCUT2D eigenvalue weighted by molar-refractivity contribution is 9.10. The number of hydrogen-bond donors (Lipinski definition) is 3. The molecule has 8 heteroatoms. The van der Waals surface area contributed by atoms with Gasteiger partial charge in [-0.1, -0.05) is 40.9 Å². The summed E-state index contributed by atoms with van der Waals surface area (Å²) in [5.74, 6) is -1.48. The summed E-state index contributed by atoms with van der Waals surface area (Å²) in [4.78, 5) is 37.0. The van der Waals surface area contributed by atoms with Gasteiger partial charge in [0.2, 0.25) is 0 Å². The molecule has 0 heterocycles. The lowest BCUT2D eigenvalue weighted by Gasteiger charge is -2.15. The van der Waals surface area contributed by atoms with Crippen LogP contribution >= 0.6 is 15.9 Å². The largest absolute Gasteiger partial charge is 0.452 e. The fourth-order valence-electron chi connectivity index (χ4n) is 3.22. The number of esters is 1. The van der Waals surface area contributed by atoms with Gasteiger partial charge in [0.05, 0.1) is 16.8 Å². The van der Waals surface area contributed by atoms with Gasteiger partial charge in [0, 0.05) is 16.2 Å². The van der Waals surface area contributed by atoms with Crippen LogP contribution in [0.2, 0.25) is 0 Å². The number of nitrogen functional groups attached to an aromatic ring is 1. The van der Waals surface area contributed by atoms with Crippen molar-refractivity contribution in [3.05, 3.63) is 58.1 Å². The number of nitrogens with two attached hydrogens (primary N) is 1. The van der Waals surface area contributed by atoms with Gasteiger partial charge < -0.3 is 21.1 Å². The zero-order valence-electron chi connectivity index (χ0n) is 15.7. The Morgan fingerprint density at radius 2 is 1.79 bits per heavy atom. The van der Waals surface area contributed by atoms with Crippen molar-refractivity contribution in [2.24, 2.45) is 0 Å². The molecule has 1 fully saturated rings. The third-order valence-corrected chi connectivity index (χ3v) is 5.20. The quantitative estimate of drug-likeness (QED) is 0.452. The van der Waals surface area contributed by atoms with Crippen molar-refractivity contribution in [3.8, 4) is 0 Å². The molecule has 0 bridgehead atoms. The Hall–Kier alpha value is -2.87. The van der Waals surface area contributed by atoms with Gasteiger partial charge in [-0.15, -0.1) is 0 Å². The van der Waals surface area contributed by atoms with E-state index in [4.69, 9.17) is 10.5 Å². The van der Waals surface area contributed by atoms with Gasteiger partial charge in [-0.2, -0.15) is 0 Å². The Labute approximate surface area is 177 Å². The maximum atomic E-state index is 12.6. The van der Waals surface area contributed by atoms with Crippen LogP contribution in [0.3, 0.4) is 0 Å². The van der Waals surface area contributed by atoms with Gasteiger partial charge in [-0.05, 0) is 43.2 Å². The third-order valence-electron chi connectivity index (χ3n) is 4.71. The summed E-state index contributed by atoms with van der Waals surface area (Å²) >= 11 is 3.26. The van der Waals surface area contributed by atoms with Gasteiger partial charge in [0.25, 0.3) is 11.8 Å². The van der Waals surface area contributed by atoms with Crippen molar-refractivity contribution in [1.82, 2.24) is 5.32 Å².